The summed E-state index contributed by atoms with van der Waals surface area (Å²) in [5.74, 6) is 0.552. The van der Waals surface area contributed by atoms with Crippen LogP contribution in [0, 0.1) is 0 Å². The van der Waals surface area contributed by atoms with Crippen LogP contribution >= 0.6 is 0 Å². The molecule has 1 heterocycles. The van der Waals surface area contributed by atoms with Crippen molar-refractivity contribution in [3.8, 4) is 0 Å². The molecule has 0 radical (unpaired) electrons. The molecule has 0 bridgehead atoms. The highest BCUT2D eigenvalue weighted by Crippen LogP contribution is 2.11. The van der Waals surface area contributed by atoms with Crippen LogP contribution in [0.2, 0.25) is 0 Å². The monoisotopic (exact) mass is 241 g/mol. The zero-order valence-electron chi connectivity index (χ0n) is 10.6. The summed E-state index contributed by atoms with van der Waals surface area (Å²) in [4.78, 5) is 13.3. The van der Waals surface area contributed by atoms with Crippen LogP contribution < -0.4 is 0 Å². The number of hydrogen-bond acceptors (Lipinski definition) is 5. The van der Waals surface area contributed by atoms with E-state index in [0.29, 0.717) is 6.54 Å². The summed E-state index contributed by atoms with van der Waals surface area (Å²) in [6, 6.07) is 3.42. The van der Waals surface area contributed by atoms with E-state index in [1.807, 2.05) is 7.05 Å². The van der Waals surface area contributed by atoms with Crippen molar-refractivity contribution >= 4 is 5.97 Å². The molecule has 0 saturated carbocycles. The highest BCUT2D eigenvalue weighted by molar-refractivity contribution is 5.86. The molecule has 0 fully saturated rings. The lowest BCUT2D eigenvalue weighted by atomic mass is 10.3. The van der Waals surface area contributed by atoms with Gasteiger partial charge in [0.05, 0.1) is 13.7 Å². The topological polar surface area (TPSA) is 51.9 Å². The van der Waals surface area contributed by atoms with Crippen LogP contribution in [-0.2, 0) is 16.0 Å². The van der Waals surface area contributed by atoms with Crippen LogP contribution in [0.5, 0.6) is 0 Å². The predicted octanol–water partition coefficient (Wildman–Crippen LogP) is 1.53. The number of nitrogens with zero attached hydrogens (tertiary/aromatic N) is 1. The Kier molecular flexibility index (Phi) is 5.72. The van der Waals surface area contributed by atoms with Gasteiger partial charge in [-0.3, -0.25) is 4.90 Å². The second-order valence-corrected chi connectivity index (χ2v) is 3.84. The summed E-state index contributed by atoms with van der Waals surface area (Å²) >= 11 is 0. The van der Waals surface area contributed by atoms with Crippen molar-refractivity contribution in [3.63, 3.8) is 0 Å². The third kappa shape index (κ3) is 4.58. The van der Waals surface area contributed by atoms with E-state index in [0.717, 1.165) is 25.3 Å². The highest BCUT2D eigenvalue weighted by atomic mass is 16.5. The Bertz CT molecular complexity index is 348. The molecule has 0 aromatic carbocycles. The van der Waals surface area contributed by atoms with Crippen molar-refractivity contribution in [1.82, 2.24) is 4.90 Å². The molecule has 5 nitrogen and oxygen atoms in total. The molecule has 17 heavy (non-hydrogen) atoms. The van der Waals surface area contributed by atoms with Crippen molar-refractivity contribution in [2.24, 2.45) is 0 Å². The van der Waals surface area contributed by atoms with Gasteiger partial charge in [0.25, 0.3) is 0 Å². The van der Waals surface area contributed by atoms with Gasteiger partial charge in [-0.2, -0.15) is 0 Å². The quantitative estimate of drug-likeness (QED) is 0.535. The first-order chi connectivity index (χ1) is 8.17. The fraction of sp³-hybridized carbons (Fsp3) is 0.583. The molecule has 0 aliphatic rings. The van der Waals surface area contributed by atoms with Crippen molar-refractivity contribution in [3.05, 3.63) is 23.7 Å². The number of furan rings is 1. The zero-order valence-corrected chi connectivity index (χ0v) is 10.6. The highest BCUT2D eigenvalue weighted by Gasteiger charge is 2.11. The number of esters is 1. The van der Waals surface area contributed by atoms with Crippen molar-refractivity contribution in [2.45, 2.75) is 13.0 Å². The molecule has 96 valence electrons. The molecule has 0 spiro atoms. The van der Waals surface area contributed by atoms with Gasteiger partial charge in [0.1, 0.15) is 5.76 Å². The third-order valence-corrected chi connectivity index (χ3v) is 2.36. The standard InChI is InChI=1S/C12H19NO4/c1-13(7-4-8-15-2)9-10-5-6-11(17-10)12(14)16-3/h5-6H,4,7-9H2,1-3H3. The van der Waals surface area contributed by atoms with E-state index in [4.69, 9.17) is 9.15 Å². The Morgan fingerprint density at radius 3 is 2.82 bits per heavy atom. The first-order valence-electron chi connectivity index (χ1n) is 5.52. The lowest BCUT2D eigenvalue weighted by molar-refractivity contribution is 0.0561. The Morgan fingerprint density at radius 2 is 2.18 bits per heavy atom. The molecular formula is C12H19NO4. The Hall–Kier alpha value is -1.33. The molecule has 1 aromatic heterocycles. The molecule has 0 N–H and O–H groups in total. The Balaban J connectivity index is 2.40. The van der Waals surface area contributed by atoms with Gasteiger partial charge >= 0.3 is 5.97 Å². The number of carbonyl (C=O) groups is 1. The number of hydrogen-bond donors (Lipinski definition) is 0. The molecule has 1 aromatic rings. The molecule has 1 rings (SSSR count). The zero-order chi connectivity index (χ0) is 12.7. The molecule has 0 aliphatic carbocycles. The van der Waals surface area contributed by atoms with E-state index in [1.165, 1.54) is 7.11 Å². The van der Waals surface area contributed by atoms with Crippen LogP contribution in [0.15, 0.2) is 16.5 Å². The van der Waals surface area contributed by atoms with Gasteiger partial charge < -0.3 is 13.9 Å². The molecule has 0 unspecified atom stereocenters. The summed E-state index contributed by atoms with van der Waals surface area (Å²) in [7, 11) is 5.02. The summed E-state index contributed by atoms with van der Waals surface area (Å²) in [5, 5.41) is 0. The average Bonchev–Trinajstić information content (AvgIpc) is 2.77. The van der Waals surface area contributed by atoms with Crippen molar-refractivity contribution < 1.29 is 18.7 Å². The normalized spacial score (nSPS) is 10.8. The summed E-state index contributed by atoms with van der Waals surface area (Å²) in [6.07, 6.45) is 0.970. The van der Waals surface area contributed by atoms with Gasteiger partial charge in [0, 0.05) is 20.3 Å². The third-order valence-electron chi connectivity index (χ3n) is 2.36. The van der Waals surface area contributed by atoms with Gasteiger partial charge in [0.15, 0.2) is 0 Å². The molecular weight excluding hydrogens is 222 g/mol. The van der Waals surface area contributed by atoms with E-state index < -0.39 is 5.97 Å². The summed E-state index contributed by atoms with van der Waals surface area (Å²) in [5.41, 5.74) is 0. The van der Waals surface area contributed by atoms with Gasteiger partial charge in [0.2, 0.25) is 5.76 Å². The lowest BCUT2D eigenvalue weighted by Crippen LogP contribution is -2.19. The molecule has 0 amide bonds. The van der Waals surface area contributed by atoms with E-state index in [1.54, 1.807) is 19.2 Å². The van der Waals surface area contributed by atoms with Crippen LogP contribution in [0.3, 0.4) is 0 Å². The number of rotatable bonds is 7. The predicted molar refractivity (Wildman–Crippen MR) is 62.9 cm³/mol. The second-order valence-electron chi connectivity index (χ2n) is 3.84. The maximum Gasteiger partial charge on any atom is 0.373 e. The minimum atomic E-state index is -0.446. The Morgan fingerprint density at radius 1 is 1.41 bits per heavy atom. The van der Waals surface area contributed by atoms with Crippen LogP contribution in [0.25, 0.3) is 0 Å². The minimum absolute atomic E-state index is 0.243. The van der Waals surface area contributed by atoms with Crippen molar-refractivity contribution in [2.75, 3.05) is 34.4 Å². The number of methoxy groups -OCH3 is 2. The largest absolute Gasteiger partial charge is 0.463 e. The first-order valence-corrected chi connectivity index (χ1v) is 5.52. The molecule has 0 atom stereocenters. The lowest BCUT2D eigenvalue weighted by Gasteiger charge is -2.14. The van der Waals surface area contributed by atoms with Crippen LogP contribution in [0.1, 0.15) is 22.7 Å². The maximum atomic E-state index is 11.2. The maximum absolute atomic E-state index is 11.2. The average molecular weight is 241 g/mol. The second kappa shape index (κ2) is 7.09. The van der Waals surface area contributed by atoms with Gasteiger partial charge in [-0.1, -0.05) is 0 Å². The summed E-state index contributed by atoms with van der Waals surface area (Å²) < 4.78 is 14.9. The van der Waals surface area contributed by atoms with Gasteiger partial charge in [-0.25, -0.2) is 4.79 Å². The van der Waals surface area contributed by atoms with Crippen LogP contribution in [0.4, 0.5) is 0 Å². The smallest absolute Gasteiger partial charge is 0.373 e. The van der Waals surface area contributed by atoms with Gasteiger partial charge in [-0.05, 0) is 25.6 Å². The molecule has 5 heteroatoms. The Labute approximate surface area is 101 Å². The van der Waals surface area contributed by atoms with Gasteiger partial charge in [-0.15, -0.1) is 0 Å². The SMILES string of the molecule is COCCCN(C)Cc1ccc(C(=O)OC)o1. The van der Waals surface area contributed by atoms with Crippen LogP contribution in [-0.4, -0.2) is 45.3 Å². The van der Waals surface area contributed by atoms with E-state index in [2.05, 4.69) is 9.64 Å². The van der Waals surface area contributed by atoms with E-state index in [-0.39, 0.29) is 5.76 Å². The molecule has 0 aliphatic heterocycles. The number of ether oxygens (including phenoxy) is 2. The summed E-state index contributed by atoms with van der Waals surface area (Å²) in [6.45, 7) is 2.33. The van der Waals surface area contributed by atoms with E-state index >= 15 is 0 Å². The fourth-order valence-corrected chi connectivity index (χ4v) is 1.50. The fourth-order valence-electron chi connectivity index (χ4n) is 1.50. The first kappa shape index (κ1) is 13.7. The van der Waals surface area contributed by atoms with E-state index in [9.17, 15) is 4.79 Å². The molecule has 0 saturated heterocycles. The van der Waals surface area contributed by atoms with Crippen molar-refractivity contribution in [1.29, 1.82) is 0 Å². The number of carbonyl (C=O) groups excluding carboxylic acids is 1. The minimum Gasteiger partial charge on any atom is -0.463 e.